The molecule has 1 aliphatic heterocycles. The molecule has 6 nitrogen and oxygen atoms in total. The first-order valence-corrected chi connectivity index (χ1v) is 16.0. The number of hydrogen-bond donors (Lipinski definition) is 0. The van der Waals surface area contributed by atoms with Crippen LogP contribution in [0.5, 0.6) is 0 Å². The van der Waals surface area contributed by atoms with E-state index < -0.39 is 40.4 Å². The Bertz CT molecular complexity index is 494. The van der Waals surface area contributed by atoms with Gasteiger partial charge in [0, 0.05) is 0 Å². The minimum atomic E-state index is -3.82. The van der Waals surface area contributed by atoms with Gasteiger partial charge in [-0.3, -0.25) is 0 Å². The third kappa shape index (κ3) is 13.2. The van der Waals surface area contributed by atoms with Crippen LogP contribution in [0.15, 0.2) is 12.2 Å². The Balaban J connectivity index is 1.79. The van der Waals surface area contributed by atoms with E-state index in [1.165, 1.54) is 57.8 Å². The summed E-state index contributed by atoms with van der Waals surface area (Å²) in [6.07, 6.45) is 20.6. The second-order valence-corrected chi connectivity index (χ2v) is 14.4. The normalized spacial score (nSPS) is 16.7. The number of unbranched alkanes of at least 4 members (excludes halogenated alkanes) is 11. The van der Waals surface area contributed by atoms with Gasteiger partial charge in [-0.25, -0.2) is 0 Å². The molecule has 0 aromatic heterocycles. The molecule has 151 valence electrons. The van der Waals surface area contributed by atoms with E-state index >= 15 is 0 Å². The minimum absolute atomic E-state index is 0.305. The fourth-order valence-corrected chi connectivity index (χ4v) is 9.05. The molecular weight excluding hydrogens is 551 g/mol. The molecule has 1 radical (unpaired) electrons. The van der Waals surface area contributed by atoms with Gasteiger partial charge in [0.1, 0.15) is 0 Å². The molecule has 0 N–H and O–H groups in total. The second kappa shape index (κ2) is 15.0. The van der Waals surface area contributed by atoms with Crippen molar-refractivity contribution in [1.82, 2.24) is 0 Å². The second-order valence-electron chi connectivity index (χ2n) is 6.63. The van der Waals surface area contributed by atoms with E-state index in [1.54, 1.807) is 0 Å². The molecule has 0 atom stereocenters. The first kappa shape index (κ1) is 24.0. The number of allylic oxidation sites excluding steroid dienone is 2. The average molecular weight is 585 g/mol. The predicted octanol–water partition coefficient (Wildman–Crippen LogP) is 4.84. The zero-order chi connectivity index (χ0) is 19.1. The fraction of sp³-hybridized carbons (Fsp3) is 0.833. The van der Waals surface area contributed by atoms with Gasteiger partial charge in [0.25, 0.3) is 0 Å². The number of carbonyl (C=O) groups excluding carboxylic acids is 1. The van der Waals surface area contributed by atoms with Gasteiger partial charge in [-0.2, -0.15) is 0 Å². The molecule has 0 amide bonds. The Morgan fingerprint density at radius 2 is 1.35 bits per heavy atom. The van der Waals surface area contributed by atoms with Gasteiger partial charge in [-0.05, 0) is 6.42 Å². The van der Waals surface area contributed by atoms with E-state index in [4.69, 9.17) is 2.69 Å². The summed E-state index contributed by atoms with van der Waals surface area (Å²) in [4.78, 5) is 11.5. The van der Waals surface area contributed by atoms with Crippen molar-refractivity contribution in [2.45, 2.75) is 96.8 Å². The van der Waals surface area contributed by atoms with Gasteiger partial charge in [-0.15, -0.1) is 0 Å². The molecule has 0 unspecified atom stereocenters. The first-order chi connectivity index (χ1) is 12.5. The van der Waals surface area contributed by atoms with Crippen LogP contribution in [0.4, 0.5) is 0 Å². The van der Waals surface area contributed by atoms with Gasteiger partial charge in [0.2, 0.25) is 0 Å². The van der Waals surface area contributed by atoms with Crippen LogP contribution < -0.4 is 0 Å². The van der Waals surface area contributed by atoms with Gasteiger partial charge in [-0.1, -0.05) is 39.0 Å². The molecule has 1 saturated heterocycles. The zero-order valence-electron chi connectivity index (χ0n) is 15.9. The Morgan fingerprint density at radius 3 is 1.88 bits per heavy atom. The van der Waals surface area contributed by atoms with Crippen LogP contribution in [0.3, 0.4) is 0 Å². The van der Waals surface area contributed by atoms with E-state index in [0.717, 1.165) is 25.7 Å². The van der Waals surface area contributed by atoms with Crippen molar-refractivity contribution < 1.29 is 20.2 Å². The molecule has 8 heteroatoms. The number of hydrogen-bond acceptors (Lipinski definition) is 6. The summed E-state index contributed by atoms with van der Waals surface area (Å²) in [5, 5.41) is 0. The molecule has 0 aliphatic carbocycles. The Hall–Kier alpha value is 0.00208. The quantitative estimate of drug-likeness (QED) is 0.147. The van der Waals surface area contributed by atoms with Gasteiger partial charge in [0.05, 0.1) is 0 Å². The van der Waals surface area contributed by atoms with E-state index in [2.05, 4.69) is 23.3 Å². The summed E-state index contributed by atoms with van der Waals surface area (Å²) >= 11 is -3.43. The summed E-state index contributed by atoms with van der Waals surface area (Å²) < 4.78 is 35.0. The number of carbonyl (C=O) groups is 1. The van der Waals surface area contributed by atoms with Crippen molar-refractivity contribution in [3.63, 3.8) is 0 Å². The first-order valence-electron chi connectivity index (χ1n) is 9.90. The fourth-order valence-electron chi connectivity index (χ4n) is 2.69. The molecule has 26 heavy (non-hydrogen) atoms. The Labute approximate surface area is 169 Å². The molecule has 1 aliphatic rings. The zero-order valence-corrected chi connectivity index (χ0v) is 20.6. The van der Waals surface area contributed by atoms with Crippen LogP contribution in [-0.4, -0.2) is 38.4 Å². The molecule has 1 rings (SSSR count). The molecule has 0 saturated carbocycles. The van der Waals surface area contributed by atoms with Crippen molar-refractivity contribution in [2.75, 3.05) is 0 Å². The molecule has 1 fully saturated rings. The van der Waals surface area contributed by atoms with Gasteiger partial charge in [0.15, 0.2) is 0 Å². The monoisotopic (exact) mass is 585 g/mol. The van der Waals surface area contributed by atoms with Crippen molar-refractivity contribution in [3.05, 3.63) is 12.2 Å². The van der Waals surface area contributed by atoms with E-state index in [9.17, 15) is 13.2 Å². The van der Waals surface area contributed by atoms with Gasteiger partial charge >= 0.3 is 124 Å². The maximum absolute atomic E-state index is 11.5. The van der Waals surface area contributed by atoms with E-state index in [0.29, 0.717) is 6.42 Å². The molecule has 0 aromatic rings. The predicted molar refractivity (Wildman–Crippen MR) is 102 cm³/mol. The summed E-state index contributed by atoms with van der Waals surface area (Å²) in [5.41, 5.74) is 0. The van der Waals surface area contributed by atoms with E-state index in [1.807, 2.05) is 0 Å². The summed E-state index contributed by atoms with van der Waals surface area (Å²) in [7, 11) is -3.82. The summed E-state index contributed by atoms with van der Waals surface area (Å²) in [6, 6.07) is 0. The van der Waals surface area contributed by atoms with Crippen LogP contribution >= 0.6 is 0 Å². The number of rotatable bonds is 16. The van der Waals surface area contributed by atoms with Crippen LogP contribution in [0, 0.1) is 0 Å². The standard InChI is InChI=1S/C18H34O2.H2O4S.Pb/c1-2-3-4-5-6-7-8-9-10-11-12-13-14-15-16-17-18(19)20;1-5(2,3)4;/h9-10H,2-8,11-17H2,1H3,(H,19,20);(H2,1,2,3,4);/q;;+3/p-3/b10-9-;;. The molecule has 0 spiro atoms. The van der Waals surface area contributed by atoms with Crippen molar-refractivity contribution >= 4 is 40.4 Å². The van der Waals surface area contributed by atoms with Crippen LogP contribution in [0.25, 0.3) is 0 Å². The summed E-state index contributed by atoms with van der Waals surface area (Å²) in [5.74, 6) is -0.403. The molecule has 1 heterocycles. The maximum atomic E-state index is 11.5. The van der Waals surface area contributed by atoms with Crippen molar-refractivity contribution in [1.29, 1.82) is 0 Å². The third-order valence-electron chi connectivity index (χ3n) is 4.18. The Kier molecular flexibility index (Phi) is 13.9. The average Bonchev–Trinajstić information content (AvgIpc) is 2.56. The molecule has 0 aromatic carbocycles. The third-order valence-corrected chi connectivity index (χ3v) is 14.3. The van der Waals surface area contributed by atoms with Crippen LogP contribution in [0.2, 0.25) is 0 Å². The molecular formula is C18H33O6PbS. The molecule has 0 bridgehead atoms. The summed E-state index contributed by atoms with van der Waals surface area (Å²) in [6.45, 7) is 2.25. The topological polar surface area (TPSA) is 78.9 Å². The van der Waals surface area contributed by atoms with Gasteiger partial charge < -0.3 is 0 Å². The van der Waals surface area contributed by atoms with Crippen molar-refractivity contribution in [2.24, 2.45) is 0 Å². The van der Waals surface area contributed by atoms with Crippen LogP contribution in [0.1, 0.15) is 96.8 Å². The SMILES string of the molecule is CCCCCCCC/C=C\CCCCCCCC(=O)[O][Pb]1[O]S(=O)(=O)[O]1. The Morgan fingerprint density at radius 1 is 0.846 bits per heavy atom. The van der Waals surface area contributed by atoms with Crippen molar-refractivity contribution in [3.8, 4) is 0 Å². The van der Waals surface area contributed by atoms with Crippen LogP contribution in [-0.2, 0) is 22.1 Å². The van der Waals surface area contributed by atoms with E-state index in [-0.39, 0.29) is 0 Å².